The SMILES string of the molecule is CC=CCOc1ccc(C)nc1CNC1CC1. The number of aryl methyl sites for hydroxylation is 1. The molecule has 0 aromatic carbocycles. The van der Waals surface area contributed by atoms with Gasteiger partial charge in [-0.3, -0.25) is 4.98 Å². The van der Waals surface area contributed by atoms with Crippen molar-refractivity contribution in [2.45, 2.75) is 39.3 Å². The standard InChI is InChI=1S/C14H20N2O/c1-3-4-9-17-14-8-5-11(2)16-13(14)10-15-12-6-7-12/h3-5,8,12,15H,6-7,9-10H2,1-2H3. The third-order valence-corrected chi connectivity index (χ3v) is 2.78. The van der Waals surface area contributed by atoms with Crippen LogP contribution in [0.15, 0.2) is 24.3 Å². The zero-order valence-electron chi connectivity index (χ0n) is 10.6. The van der Waals surface area contributed by atoms with Crippen LogP contribution in [-0.4, -0.2) is 17.6 Å². The molecule has 0 saturated heterocycles. The minimum atomic E-state index is 0.609. The molecule has 0 aliphatic heterocycles. The van der Waals surface area contributed by atoms with E-state index in [4.69, 9.17) is 4.74 Å². The Hall–Kier alpha value is -1.35. The summed E-state index contributed by atoms with van der Waals surface area (Å²) >= 11 is 0. The molecule has 0 spiro atoms. The smallest absolute Gasteiger partial charge is 0.142 e. The Balaban J connectivity index is 2.00. The normalized spacial score (nSPS) is 15.4. The van der Waals surface area contributed by atoms with E-state index in [1.54, 1.807) is 0 Å². The quantitative estimate of drug-likeness (QED) is 0.765. The minimum Gasteiger partial charge on any atom is -0.488 e. The summed E-state index contributed by atoms with van der Waals surface area (Å²) in [5.74, 6) is 0.891. The van der Waals surface area contributed by atoms with Crippen molar-refractivity contribution < 1.29 is 4.74 Å². The van der Waals surface area contributed by atoms with Crippen molar-refractivity contribution in [3.63, 3.8) is 0 Å². The lowest BCUT2D eigenvalue weighted by Gasteiger charge is -2.10. The molecule has 3 nitrogen and oxygen atoms in total. The van der Waals surface area contributed by atoms with Crippen molar-refractivity contribution in [3.8, 4) is 5.75 Å². The molecule has 0 radical (unpaired) electrons. The van der Waals surface area contributed by atoms with Crippen molar-refractivity contribution in [3.05, 3.63) is 35.7 Å². The Morgan fingerprint density at radius 3 is 3.00 bits per heavy atom. The Bertz CT molecular complexity index is 397. The van der Waals surface area contributed by atoms with Gasteiger partial charge in [0.2, 0.25) is 0 Å². The average molecular weight is 232 g/mol. The maximum absolute atomic E-state index is 5.70. The van der Waals surface area contributed by atoms with Gasteiger partial charge in [0.15, 0.2) is 0 Å². The van der Waals surface area contributed by atoms with Crippen LogP contribution < -0.4 is 10.1 Å². The van der Waals surface area contributed by atoms with Crippen molar-refractivity contribution in [2.24, 2.45) is 0 Å². The average Bonchev–Trinajstić information content (AvgIpc) is 3.13. The second-order valence-corrected chi connectivity index (χ2v) is 4.43. The predicted octanol–water partition coefficient (Wildman–Crippen LogP) is 2.60. The van der Waals surface area contributed by atoms with E-state index in [0.29, 0.717) is 12.6 Å². The van der Waals surface area contributed by atoms with Crippen LogP contribution in [0.2, 0.25) is 0 Å². The van der Waals surface area contributed by atoms with Crippen LogP contribution in [0.5, 0.6) is 5.75 Å². The maximum atomic E-state index is 5.70. The van der Waals surface area contributed by atoms with Crippen LogP contribution in [0.3, 0.4) is 0 Å². The van der Waals surface area contributed by atoms with Gasteiger partial charge in [-0.1, -0.05) is 12.2 Å². The van der Waals surface area contributed by atoms with Crippen molar-refractivity contribution in [2.75, 3.05) is 6.61 Å². The van der Waals surface area contributed by atoms with Crippen LogP contribution >= 0.6 is 0 Å². The van der Waals surface area contributed by atoms with E-state index in [9.17, 15) is 0 Å². The molecule has 1 aromatic rings. The molecule has 1 aliphatic rings. The molecule has 0 atom stereocenters. The minimum absolute atomic E-state index is 0.609. The van der Waals surface area contributed by atoms with E-state index in [2.05, 4.69) is 10.3 Å². The zero-order chi connectivity index (χ0) is 12.1. The van der Waals surface area contributed by atoms with Crippen LogP contribution in [0, 0.1) is 6.92 Å². The van der Waals surface area contributed by atoms with Gasteiger partial charge in [0.1, 0.15) is 12.4 Å². The van der Waals surface area contributed by atoms with Crippen molar-refractivity contribution in [1.29, 1.82) is 0 Å². The molecule has 0 bridgehead atoms. The van der Waals surface area contributed by atoms with Crippen molar-refractivity contribution in [1.82, 2.24) is 10.3 Å². The first kappa shape index (κ1) is 12.1. The zero-order valence-corrected chi connectivity index (χ0v) is 10.6. The Kier molecular flexibility index (Phi) is 4.15. The van der Waals surface area contributed by atoms with Gasteiger partial charge >= 0.3 is 0 Å². The number of rotatable bonds is 6. The number of pyridine rings is 1. The van der Waals surface area contributed by atoms with Gasteiger partial charge in [-0.05, 0) is 38.8 Å². The van der Waals surface area contributed by atoms with Gasteiger partial charge < -0.3 is 10.1 Å². The lowest BCUT2D eigenvalue weighted by atomic mass is 10.3. The Labute approximate surface area is 103 Å². The molecule has 92 valence electrons. The summed E-state index contributed by atoms with van der Waals surface area (Å²) in [6.45, 7) is 5.41. The van der Waals surface area contributed by atoms with E-state index in [0.717, 1.165) is 23.7 Å². The number of nitrogens with one attached hydrogen (secondary N) is 1. The first-order valence-corrected chi connectivity index (χ1v) is 6.23. The molecular formula is C14H20N2O. The summed E-state index contributed by atoms with van der Waals surface area (Å²) in [7, 11) is 0. The number of hydrogen-bond acceptors (Lipinski definition) is 3. The molecule has 1 saturated carbocycles. The van der Waals surface area contributed by atoms with E-state index >= 15 is 0 Å². The van der Waals surface area contributed by atoms with Crippen LogP contribution in [-0.2, 0) is 6.54 Å². The molecule has 0 unspecified atom stereocenters. The van der Waals surface area contributed by atoms with Crippen LogP contribution in [0.4, 0.5) is 0 Å². The third-order valence-electron chi connectivity index (χ3n) is 2.78. The topological polar surface area (TPSA) is 34.1 Å². The largest absolute Gasteiger partial charge is 0.488 e. The van der Waals surface area contributed by atoms with Gasteiger partial charge in [0.25, 0.3) is 0 Å². The summed E-state index contributed by atoms with van der Waals surface area (Å²) in [6, 6.07) is 4.70. The van der Waals surface area contributed by atoms with E-state index in [-0.39, 0.29) is 0 Å². The molecule has 2 rings (SSSR count). The molecule has 1 N–H and O–H groups in total. The summed E-state index contributed by atoms with van der Waals surface area (Å²) in [6.07, 6.45) is 6.57. The molecule has 0 amide bonds. The first-order chi connectivity index (χ1) is 8.29. The fourth-order valence-electron chi connectivity index (χ4n) is 1.62. The molecule has 1 aliphatic carbocycles. The highest BCUT2D eigenvalue weighted by atomic mass is 16.5. The fourth-order valence-corrected chi connectivity index (χ4v) is 1.62. The molecule has 1 heterocycles. The summed E-state index contributed by atoms with van der Waals surface area (Å²) < 4.78 is 5.70. The van der Waals surface area contributed by atoms with E-state index in [1.165, 1.54) is 12.8 Å². The highest BCUT2D eigenvalue weighted by molar-refractivity contribution is 5.29. The number of hydrogen-bond donors (Lipinski definition) is 1. The predicted molar refractivity (Wildman–Crippen MR) is 69.1 cm³/mol. The van der Waals surface area contributed by atoms with Gasteiger partial charge in [-0.25, -0.2) is 0 Å². The number of ether oxygens (including phenoxy) is 1. The summed E-state index contributed by atoms with van der Waals surface area (Å²) in [4.78, 5) is 4.54. The highest BCUT2D eigenvalue weighted by Gasteiger charge is 2.21. The first-order valence-electron chi connectivity index (χ1n) is 6.23. The fraction of sp³-hybridized carbons (Fsp3) is 0.500. The second kappa shape index (κ2) is 5.82. The Morgan fingerprint density at radius 1 is 1.47 bits per heavy atom. The number of allylic oxidation sites excluding steroid dienone is 1. The van der Waals surface area contributed by atoms with Crippen LogP contribution in [0.1, 0.15) is 31.2 Å². The third kappa shape index (κ3) is 3.86. The number of nitrogens with zero attached hydrogens (tertiary/aromatic N) is 1. The highest BCUT2D eigenvalue weighted by Crippen LogP contribution is 2.22. The molecular weight excluding hydrogens is 212 g/mol. The molecule has 17 heavy (non-hydrogen) atoms. The molecule has 1 fully saturated rings. The van der Waals surface area contributed by atoms with Gasteiger partial charge in [0, 0.05) is 18.3 Å². The summed E-state index contributed by atoms with van der Waals surface area (Å²) in [5.41, 5.74) is 2.05. The Morgan fingerprint density at radius 2 is 2.29 bits per heavy atom. The lowest BCUT2D eigenvalue weighted by molar-refractivity contribution is 0.354. The monoisotopic (exact) mass is 232 g/mol. The van der Waals surface area contributed by atoms with Crippen LogP contribution in [0.25, 0.3) is 0 Å². The summed E-state index contributed by atoms with van der Waals surface area (Å²) in [5, 5.41) is 3.47. The van der Waals surface area contributed by atoms with E-state index in [1.807, 2.05) is 38.1 Å². The second-order valence-electron chi connectivity index (χ2n) is 4.43. The molecule has 3 heteroatoms. The molecule has 1 aromatic heterocycles. The van der Waals surface area contributed by atoms with Crippen molar-refractivity contribution >= 4 is 0 Å². The van der Waals surface area contributed by atoms with Gasteiger partial charge in [0.05, 0.1) is 5.69 Å². The van der Waals surface area contributed by atoms with Gasteiger partial charge in [-0.15, -0.1) is 0 Å². The van der Waals surface area contributed by atoms with Gasteiger partial charge in [-0.2, -0.15) is 0 Å². The maximum Gasteiger partial charge on any atom is 0.142 e. The number of aromatic nitrogens is 1. The lowest BCUT2D eigenvalue weighted by Crippen LogP contribution is -2.17. The van der Waals surface area contributed by atoms with E-state index < -0.39 is 0 Å².